The van der Waals surface area contributed by atoms with Gasteiger partial charge in [0, 0.05) is 0 Å². The van der Waals surface area contributed by atoms with Crippen molar-refractivity contribution >= 4 is 5.97 Å². The summed E-state index contributed by atoms with van der Waals surface area (Å²) in [4.78, 5) is 12.1. The molecule has 0 aromatic rings. The molecule has 2 rings (SSSR count). The fourth-order valence-corrected chi connectivity index (χ4v) is 3.79. The third kappa shape index (κ3) is 3.12. The highest BCUT2D eigenvalue weighted by atomic mass is 19.4. The Bertz CT molecular complexity index is 384. The molecule has 2 aliphatic rings. The number of rotatable bonds is 3. The van der Waals surface area contributed by atoms with E-state index in [-0.39, 0.29) is 11.8 Å². The van der Waals surface area contributed by atoms with Gasteiger partial charge in [0.15, 0.2) is 0 Å². The number of nitrogens with one attached hydrogen (secondary N) is 1. The first-order valence-corrected chi connectivity index (χ1v) is 6.96. The smallest absolute Gasteiger partial charge is 0.428 e. The zero-order chi connectivity index (χ0) is 14.9. The van der Waals surface area contributed by atoms with E-state index in [1.54, 1.807) is 0 Å². The fraction of sp³-hybridized carbons (Fsp3) is 0.923. The summed E-state index contributed by atoms with van der Waals surface area (Å²) in [7, 11) is 0. The van der Waals surface area contributed by atoms with E-state index in [9.17, 15) is 18.0 Å². The van der Waals surface area contributed by atoms with Gasteiger partial charge in [-0.25, -0.2) is 5.53 Å². The molecule has 114 valence electrons. The van der Waals surface area contributed by atoms with Crippen LogP contribution in [-0.2, 0) is 9.53 Å². The molecule has 7 heteroatoms. The van der Waals surface area contributed by atoms with Crippen LogP contribution in [0.3, 0.4) is 0 Å². The van der Waals surface area contributed by atoms with E-state index in [2.05, 4.69) is 9.85 Å². The second kappa shape index (κ2) is 5.69. The average Bonchev–Trinajstić information content (AvgIpc) is 2.34. The molecule has 2 bridgehead atoms. The van der Waals surface area contributed by atoms with Crippen LogP contribution in [0.5, 0.6) is 0 Å². The van der Waals surface area contributed by atoms with E-state index in [1.807, 2.05) is 6.92 Å². The molecule has 5 unspecified atom stereocenters. The van der Waals surface area contributed by atoms with Crippen molar-refractivity contribution in [3.8, 4) is 0 Å². The predicted molar refractivity (Wildman–Crippen MR) is 63.8 cm³/mol. The molecule has 2 aliphatic carbocycles. The third-order valence-electron chi connectivity index (χ3n) is 4.55. The molecule has 5 atom stereocenters. The molecule has 2 fully saturated rings. The first-order chi connectivity index (χ1) is 9.32. The Morgan fingerprint density at radius 1 is 1.35 bits per heavy atom. The monoisotopic (exact) mass is 292 g/mol. The van der Waals surface area contributed by atoms with Crippen LogP contribution in [0.25, 0.3) is 0 Å². The number of carbonyl (C=O) groups is 1. The van der Waals surface area contributed by atoms with Gasteiger partial charge in [0.25, 0.3) is 0 Å². The van der Waals surface area contributed by atoms with Crippen molar-refractivity contribution in [2.24, 2.45) is 28.8 Å². The maximum atomic E-state index is 12.5. The summed E-state index contributed by atoms with van der Waals surface area (Å²) in [6.45, 7) is 1.90. The number of halogens is 3. The highest BCUT2D eigenvalue weighted by Gasteiger charge is 2.47. The second-order valence-electron chi connectivity index (χ2n) is 5.99. The standard InChI is InChI=1S/C13H19F3N2O2/c1-7-5-8-3-2-4-9(6-8)10(7)11(19)20-12(18-17)13(14,15)16/h7-10,12,17H,2-6H2,1H3. The number of carbonyl (C=O) groups excluding carboxylic acids is 1. The van der Waals surface area contributed by atoms with Gasteiger partial charge in [0.2, 0.25) is 0 Å². The van der Waals surface area contributed by atoms with Gasteiger partial charge in [-0.3, -0.25) is 4.79 Å². The molecule has 4 nitrogen and oxygen atoms in total. The van der Waals surface area contributed by atoms with Gasteiger partial charge in [0.1, 0.15) is 0 Å². The van der Waals surface area contributed by atoms with E-state index in [0.717, 1.165) is 32.1 Å². The predicted octanol–water partition coefficient (Wildman–Crippen LogP) is 3.91. The van der Waals surface area contributed by atoms with E-state index < -0.39 is 24.3 Å². The molecule has 0 spiro atoms. The summed E-state index contributed by atoms with van der Waals surface area (Å²) >= 11 is 0. The van der Waals surface area contributed by atoms with Crippen LogP contribution in [-0.4, -0.2) is 18.4 Å². The highest BCUT2D eigenvalue weighted by molar-refractivity contribution is 5.73. The Hall–Kier alpha value is -1.14. The number of ether oxygens (including phenoxy) is 1. The van der Waals surface area contributed by atoms with Crippen molar-refractivity contribution in [3.63, 3.8) is 0 Å². The van der Waals surface area contributed by atoms with Crippen molar-refractivity contribution in [1.82, 2.24) is 0 Å². The molecule has 20 heavy (non-hydrogen) atoms. The van der Waals surface area contributed by atoms with E-state index in [1.165, 1.54) is 0 Å². The van der Waals surface area contributed by atoms with Crippen LogP contribution in [0.2, 0.25) is 0 Å². The maximum Gasteiger partial charge on any atom is 0.448 e. The molecule has 1 N–H and O–H groups in total. The Kier molecular flexibility index (Phi) is 4.34. The molecule has 0 aliphatic heterocycles. The molecular formula is C13H19F3N2O2. The number of nitrogens with zero attached hydrogens (tertiary/aromatic N) is 1. The summed E-state index contributed by atoms with van der Waals surface area (Å²) in [6, 6.07) is 0. The number of hydrogen-bond acceptors (Lipinski definition) is 4. The van der Waals surface area contributed by atoms with Crippen molar-refractivity contribution in [2.75, 3.05) is 0 Å². The van der Waals surface area contributed by atoms with Crippen LogP contribution in [0.1, 0.15) is 39.0 Å². The Morgan fingerprint density at radius 2 is 2.05 bits per heavy atom. The normalized spacial score (nSPS) is 35.2. The summed E-state index contributed by atoms with van der Waals surface area (Å²) in [5, 5.41) is 2.38. The number of hydrogen-bond donors (Lipinski definition) is 1. The minimum atomic E-state index is -4.82. The van der Waals surface area contributed by atoms with E-state index in [4.69, 9.17) is 5.53 Å². The van der Waals surface area contributed by atoms with Gasteiger partial charge < -0.3 is 4.74 Å². The van der Waals surface area contributed by atoms with Crippen LogP contribution in [0.15, 0.2) is 5.11 Å². The van der Waals surface area contributed by atoms with Crippen molar-refractivity contribution in [1.29, 1.82) is 5.53 Å². The van der Waals surface area contributed by atoms with Crippen LogP contribution < -0.4 is 0 Å². The zero-order valence-electron chi connectivity index (χ0n) is 11.3. The van der Waals surface area contributed by atoms with Gasteiger partial charge in [-0.1, -0.05) is 19.8 Å². The molecule has 0 saturated heterocycles. The van der Waals surface area contributed by atoms with Gasteiger partial charge in [-0.15, -0.1) is 5.11 Å². The SMILES string of the molecule is CC1CC2CCCC(C2)C1C(=O)OC(N=N)C(F)(F)F. The summed E-state index contributed by atoms with van der Waals surface area (Å²) in [5.41, 5.74) is 6.54. The first-order valence-electron chi connectivity index (χ1n) is 6.96. The van der Waals surface area contributed by atoms with Gasteiger partial charge in [-0.2, -0.15) is 13.2 Å². The summed E-state index contributed by atoms with van der Waals surface area (Å²) in [6.07, 6.45) is -2.67. The number of esters is 1. The largest absolute Gasteiger partial charge is 0.448 e. The topological polar surface area (TPSA) is 62.5 Å². The van der Waals surface area contributed by atoms with Gasteiger partial charge in [0.05, 0.1) is 5.92 Å². The quantitative estimate of drug-likeness (QED) is 0.633. The van der Waals surface area contributed by atoms with Gasteiger partial charge >= 0.3 is 18.4 Å². The maximum absolute atomic E-state index is 12.5. The lowest BCUT2D eigenvalue weighted by molar-refractivity contribution is -0.226. The number of fused-ring (bicyclic) bond motifs is 2. The lowest BCUT2D eigenvalue weighted by Crippen LogP contribution is -2.42. The second-order valence-corrected chi connectivity index (χ2v) is 5.99. The van der Waals surface area contributed by atoms with Crippen molar-refractivity contribution < 1.29 is 22.7 Å². The highest BCUT2D eigenvalue weighted by Crippen LogP contribution is 2.46. The minimum absolute atomic E-state index is 0.0335. The number of alkyl halides is 3. The van der Waals surface area contributed by atoms with Gasteiger partial charge in [-0.05, 0) is 37.0 Å². The molecule has 0 radical (unpaired) electrons. The summed E-state index contributed by atoms with van der Waals surface area (Å²) < 4.78 is 42.0. The van der Waals surface area contributed by atoms with Crippen LogP contribution in [0.4, 0.5) is 13.2 Å². The fourth-order valence-electron chi connectivity index (χ4n) is 3.79. The Morgan fingerprint density at radius 3 is 2.65 bits per heavy atom. The molecule has 0 aromatic heterocycles. The summed E-state index contributed by atoms with van der Waals surface area (Å²) in [5.74, 6) is -0.595. The molecule has 0 amide bonds. The van der Waals surface area contributed by atoms with Crippen molar-refractivity contribution in [3.05, 3.63) is 0 Å². The Balaban J connectivity index is 2.05. The zero-order valence-corrected chi connectivity index (χ0v) is 11.3. The average molecular weight is 292 g/mol. The third-order valence-corrected chi connectivity index (χ3v) is 4.55. The lowest BCUT2D eigenvalue weighted by atomic mass is 9.62. The van der Waals surface area contributed by atoms with Crippen LogP contribution >= 0.6 is 0 Å². The molecule has 0 aromatic carbocycles. The Labute approximate surface area is 115 Å². The molecule has 0 heterocycles. The lowest BCUT2D eigenvalue weighted by Gasteiger charge is -2.43. The minimum Gasteiger partial charge on any atom is -0.428 e. The molecular weight excluding hydrogens is 273 g/mol. The first kappa shape index (κ1) is 15.3. The van der Waals surface area contributed by atoms with Crippen molar-refractivity contribution in [2.45, 2.75) is 51.4 Å². The van der Waals surface area contributed by atoms with E-state index >= 15 is 0 Å². The molecule has 2 saturated carbocycles. The van der Waals surface area contributed by atoms with Crippen LogP contribution in [0, 0.1) is 29.2 Å². The van der Waals surface area contributed by atoms with E-state index in [0.29, 0.717) is 5.92 Å².